The van der Waals surface area contributed by atoms with Crippen LogP contribution in [0.1, 0.15) is 25.2 Å². The van der Waals surface area contributed by atoms with Gasteiger partial charge in [0.15, 0.2) is 0 Å². The van der Waals surface area contributed by atoms with Gasteiger partial charge in [0.2, 0.25) is 5.89 Å². The summed E-state index contributed by atoms with van der Waals surface area (Å²) < 4.78 is 7.23. The highest BCUT2D eigenvalue weighted by Gasteiger charge is 2.14. The lowest BCUT2D eigenvalue weighted by atomic mass is 10.1. The van der Waals surface area contributed by atoms with Crippen LogP contribution in [-0.4, -0.2) is 30.2 Å². The molecule has 0 radical (unpaired) electrons. The molecular formula is C11H13N5OS. The monoisotopic (exact) mass is 263 g/mol. The molecule has 3 rings (SSSR count). The summed E-state index contributed by atoms with van der Waals surface area (Å²) in [5.41, 5.74) is 0. The van der Waals surface area contributed by atoms with Crippen molar-refractivity contribution in [1.82, 2.24) is 25.0 Å². The number of thioether (sulfide) groups is 1. The molecule has 0 fully saturated rings. The summed E-state index contributed by atoms with van der Waals surface area (Å²) in [5, 5.41) is 13.1. The summed E-state index contributed by atoms with van der Waals surface area (Å²) in [7, 11) is 0. The molecule has 2 heterocycles. The van der Waals surface area contributed by atoms with E-state index in [4.69, 9.17) is 4.42 Å². The predicted molar refractivity (Wildman–Crippen MR) is 66.1 cm³/mol. The van der Waals surface area contributed by atoms with Crippen LogP contribution in [0.2, 0.25) is 0 Å². The second-order valence-electron chi connectivity index (χ2n) is 4.07. The molecule has 18 heavy (non-hydrogen) atoms. The molecule has 7 heteroatoms. The number of rotatable bonds is 4. The van der Waals surface area contributed by atoms with Gasteiger partial charge in [-0.15, -0.1) is 10.2 Å². The van der Waals surface area contributed by atoms with Crippen molar-refractivity contribution in [3.05, 3.63) is 30.7 Å². The van der Waals surface area contributed by atoms with Gasteiger partial charge in [0.1, 0.15) is 19.2 Å². The molecule has 0 spiro atoms. The Morgan fingerprint density at radius 1 is 1.44 bits per heavy atom. The Hall–Kier alpha value is -1.63. The van der Waals surface area contributed by atoms with E-state index in [1.807, 2.05) is 0 Å². The summed E-state index contributed by atoms with van der Waals surface area (Å²) in [5.74, 6) is 0.558. The molecule has 1 aliphatic rings. The first-order valence-electron chi connectivity index (χ1n) is 5.88. The minimum absolute atomic E-state index is 0.457. The number of nitrogens with zero attached hydrogens (tertiary/aromatic N) is 5. The van der Waals surface area contributed by atoms with Crippen LogP contribution in [0, 0.1) is 0 Å². The maximum absolute atomic E-state index is 5.58. The zero-order valence-corrected chi connectivity index (χ0v) is 10.6. The molecule has 1 aliphatic carbocycles. The predicted octanol–water partition coefficient (Wildman–Crippen LogP) is 1.91. The van der Waals surface area contributed by atoms with Gasteiger partial charge >= 0.3 is 0 Å². The molecule has 0 amide bonds. The molecular weight excluding hydrogens is 250 g/mol. The Balaban J connectivity index is 1.62. The maximum atomic E-state index is 5.58. The highest BCUT2D eigenvalue weighted by molar-refractivity contribution is 7.99. The quantitative estimate of drug-likeness (QED) is 0.785. The van der Waals surface area contributed by atoms with Gasteiger partial charge in [-0.3, -0.25) is 0 Å². The van der Waals surface area contributed by atoms with Crippen molar-refractivity contribution in [1.29, 1.82) is 0 Å². The van der Waals surface area contributed by atoms with Gasteiger partial charge in [0.05, 0.1) is 0 Å². The van der Waals surface area contributed by atoms with Crippen molar-refractivity contribution in [3.8, 4) is 0 Å². The Bertz CT molecular complexity index is 521. The van der Waals surface area contributed by atoms with E-state index in [1.165, 1.54) is 25.6 Å². The van der Waals surface area contributed by atoms with Crippen LogP contribution in [0.4, 0.5) is 0 Å². The highest BCUT2D eigenvalue weighted by Crippen LogP contribution is 2.29. The SMILES string of the molecule is C1=C[C@@H](Sc2nnc(Cn3cncn3)o2)CCC1. The molecule has 2 aromatic heterocycles. The smallest absolute Gasteiger partial charge is 0.277 e. The lowest BCUT2D eigenvalue weighted by Crippen LogP contribution is -2.01. The van der Waals surface area contributed by atoms with Crippen LogP contribution in [0.15, 0.2) is 34.4 Å². The van der Waals surface area contributed by atoms with Crippen molar-refractivity contribution in [2.75, 3.05) is 0 Å². The summed E-state index contributed by atoms with van der Waals surface area (Å²) in [6, 6.07) is 0. The van der Waals surface area contributed by atoms with E-state index >= 15 is 0 Å². The molecule has 1 atom stereocenters. The molecule has 0 unspecified atom stereocenters. The van der Waals surface area contributed by atoms with Crippen molar-refractivity contribution >= 4 is 11.8 Å². The van der Waals surface area contributed by atoms with Gasteiger partial charge in [-0.2, -0.15) is 5.10 Å². The first-order chi connectivity index (χ1) is 8.90. The van der Waals surface area contributed by atoms with Crippen molar-refractivity contribution in [2.24, 2.45) is 0 Å². The van der Waals surface area contributed by atoms with E-state index in [1.54, 1.807) is 22.8 Å². The molecule has 94 valence electrons. The summed E-state index contributed by atoms with van der Waals surface area (Å²) in [6.45, 7) is 0.466. The van der Waals surface area contributed by atoms with E-state index in [9.17, 15) is 0 Å². The fraction of sp³-hybridized carbons (Fsp3) is 0.455. The normalized spacial score (nSPS) is 19.2. The van der Waals surface area contributed by atoms with Crippen LogP contribution in [0.3, 0.4) is 0 Å². The van der Waals surface area contributed by atoms with Gasteiger partial charge in [0, 0.05) is 5.25 Å². The molecule has 0 aliphatic heterocycles. The van der Waals surface area contributed by atoms with Gasteiger partial charge in [0.25, 0.3) is 5.22 Å². The fourth-order valence-electron chi connectivity index (χ4n) is 1.81. The van der Waals surface area contributed by atoms with Gasteiger partial charge in [-0.05, 0) is 19.3 Å². The van der Waals surface area contributed by atoms with Crippen LogP contribution in [0.5, 0.6) is 0 Å². The molecule has 0 saturated carbocycles. The van der Waals surface area contributed by atoms with Gasteiger partial charge < -0.3 is 4.42 Å². The molecule has 0 bridgehead atoms. The maximum Gasteiger partial charge on any atom is 0.277 e. The second kappa shape index (κ2) is 5.34. The van der Waals surface area contributed by atoms with E-state index in [-0.39, 0.29) is 0 Å². The van der Waals surface area contributed by atoms with E-state index in [0.29, 0.717) is 22.9 Å². The molecule has 0 saturated heterocycles. The van der Waals surface area contributed by atoms with Crippen LogP contribution < -0.4 is 0 Å². The Morgan fingerprint density at radius 2 is 2.44 bits per heavy atom. The fourth-order valence-corrected chi connectivity index (χ4v) is 2.78. The minimum atomic E-state index is 0.457. The van der Waals surface area contributed by atoms with Crippen LogP contribution >= 0.6 is 11.8 Å². The van der Waals surface area contributed by atoms with Gasteiger partial charge in [-0.25, -0.2) is 9.67 Å². The zero-order chi connectivity index (χ0) is 12.2. The van der Waals surface area contributed by atoms with Crippen molar-refractivity contribution < 1.29 is 4.42 Å². The Kier molecular flexibility index (Phi) is 3.40. The van der Waals surface area contributed by atoms with E-state index < -0.39 is 0 Å². The second-order valence-corrected chi connectivity index (χ2v) is 5.26. The molecule has 6 nitrogen and oxygen atoms in total. The largest absolute Gasteiger partial charge is 0.414 e. The average Bonchev–Trinajstić information content (AvgIpc) is 3.03. The number of hydrogen-bond acceptors (Lipinski definition) is 6. The zero-order valence-electron chi connectivity index (χ0n) is 9.77. The highest BCUT2D eigenvalue weighted by atomic mass is 32.2. The summed E-state index contributed by atoms with van der Waals surface area (Å²) >= 11 is 1.63. The third kappa shape index (κ3) is 2.79. The summed E-state index contributed by atoms with van der Waals surface area (Å²) in [6.07, 6.45) is 11.1. The summed E-state index contributed by atoms with van der Waals surface area (Å²) in [4.78, 5) is 3.87. The van der Waals surface area contributed by atoms with Crippen molar-refractivity contribution in [3.63, 3.8) is 0 Å². The average molecular weight is 263 g/mol. The van der Waals surface area contributed by atoms with Gasteiger partial charge in [-0.1, -0.05) is 23.9 Å². The standard InChI is InChI=1S/C11H13N5OS/c1-2-4-9(5-3-1)18-11-15-14-10(17-11)6-16-8-12-7-13-16/h2,4,7-9H,1,3,5-6H2/t9-/m1/s1. The Morgan fingerprint density at radius 3 is 3.22 bits per heavy atom. The topological polar surface area (TPSA) is 69.6 Å². The first-order valence-corrected chi connectivity index (χ1v) is 6.76. The van der Waals surface area contributed by atoms with Crippen LogP contribution in [0.25, 0.3) is 0 Å². The van der Waals surface area contributed by atoms with Crippen LogP contribution in [-0.2, 0) is 6.54 Å². The third-order valence-electron chi connectivity index (χ3n) is 2.67. The minimum Gasteiger partial charge on any atom is -0.414 e. The number of hydrogen-bond donors (Lipinski definition) is 0. The number of aromatic nitrogens is 5. The van der Waals surface area contributed by atoms with E-state index in [2.05, 4.69) is 32.4 Å². The third-order valence-corrected chi connectivity index (χ3v) is 3.74. The number of allylic oxidation sites excluding steroid dienone is 1. The van der Waals surface area contributed by atoms with Crippen molar-refractivity contribution in [2.45, 2.75) is 36.3 Å². The molecule has 2 aromatic rings. The lowest BCUT2D eigenvalue weighted by Gasteiger charge is -2.12. The molecule has 0 aromatic carbocycles. The first kappa shape index (κ1) is 11.5. The lowest BCUT2D eigenvalue weighted by molar-refractivity contribution is 0.397. The Labute approximate surface area is 108 Å². The molecule has 0 N–H and O–H groups in total. The van der Waals surface area contributed by atoms with E-state index in [0.717, 1.165) is 0 Å².